The minimum atomic E-state index is -0.114. The fourth-order valence-electron chi connectivity index (χ4n) is 1.40. The van der Waals surface area contributed by atoms with Gasteiger partial charge in [0.25, 0.3) is 0 Å². The molecule has 0 bridgehead atoms. The molecule has 0 aliphatic heterocycles. The average molecular weight is 285 g/mol. The van der Waals surface area contributed by atoms with E-state index >= 15 is 0 Å². The SMILES string of the molecule is O=C(CCc1cocn1)Nc1ccc(Cl)c(Cl)c1. The summed E-state index contributed by atoms with van der Waals surface area (Å²) in [6.07, 6.45) is 3.72. The maximum atomic E-state index is 11.7. The third-order valence-electron chi connectivity index (χ3n) is 2.30. The molecular formula is C12H10Cl2N2O2. The van der Waals surface area contributed by atoms with Crippen molar-refractivity contribution in [1.29, 1.82) is 0 Å². The maximum absolute atomic E-state index is 11.7. The van der Waals surface area contributed by atoms with Crippen molar-refractivity contribution in [3.05, 3.63) is 46.6 Å². The first kappa shape index (κ1) is 12.9. The second kappa shape index (κ2) is 5.89. The van der Waals surface area contributed by atoms with Gasteiger partial charge in [-0.1, -0.05) is 23.2 Å². The number of halogens is 2. The van der Waals surface area contributed by atoms with Crippen molar-refractivity contribution in [3.8, 4) is 0 Å². The summed E-state index contributed by atoms with van der Waals surface area (Å²) in [5.74, 6) is -0.114. The molecule has 6 heteroatoms. The first-order valence-corrected chi connectivity index (χ1v) is 6.03. The molecule has 0 aliphatic carbocycles. The average Bonchev–Trinajstić information content (AvgIpc) is 2.84. The van der Waals surface area contributed by atoms with Gasteiger partial charge in [0.1, 0.15) is 6.26 Å². The highest BCUT2D eigenvalue weighted by molar-refractivity contribution is 6.42. The predicted molar refractivity (Wildman–Crippen MR) is 69.9 cm³/mol. The van der Waals surface area contributed by atoms with Gasteiger partial charge in [-0.3, -0.25) is 4.79 Å². The van der Waals surface area contributed by atoms with Crippen LogP contribution in [-0.2, 0) is 11.2 Å². The topological polar surface area (TPSA) is 55.1 Å². The molecular weight excluding hydrogens is 275 g/mol. The summed E-state index contributed by atoms with van der Waals surface area (Å²) in [6, 6.07) is 4.94. The number of carbonyl (C=O) groups is 1. The van der Waals surface area contributed by atoms with Crippen LogP contribution >= 0.6 is 23.2 Å². The molecule has 4 nitrogen and oxygen atoms in total. The van der Waals surface area contributed by atoms with Crippen molar-refractivity contribution in [2.45, 2.75) is 12.8 Å². The van der Waals surface area contributed by atoms with E-state index in [0.29, 0.717) is 28.6 Å². The second-order valence-corrected chi connectivity index (χ2v) is 4.47. The Labute approximate surface area is 114 Å². The Hall–Kier alpha value is -1.52. The number of hydrogen-bond acceptors (Lipinski definition) is 3. The zero-order valence-electron chi connectivity index (χ0n) is 9.32. The highest BCUT2D eigenvalue weighted by Gasteiger charge is 2.06. The monoisotopic (exact) mass is 284 g/mol. The van der Waals surface area contributed by atoms with Crippen molar-refractivity contribution >= 4 is 34.8 Å². The van der Waals surface area contributed by atoms with Gasteiger partial charge in [0.15, 0.2) is 6.39 Å². The summed E-state index contributed by atoms with van der Waals surface area (Å²) in [7, 11) is 0. The summed E-state index contributed by atoms with van der Waals surface area (Å²) in [5.41, 5.74) is 1.37. The number of oxazole rings is 1. The van der Waals surface area contributed by atoms with E-state index in [0.717, 1.165) is 5.69 Å². The lowest BCUT2D eigenvalue weighted by Gasteiger charge is -2.05. The summed E-state index contributed by atoms with van der Waals surface area (Å²) < 4.78 is 4.82. The molecule has 1 N–H and O–H groups in total. The molecule has 0 saturated carbocycles. The molecule has 0 unspecified atom stereocenters. The molecule has 0 aliphatic rings. The smallest absolute Gasteiger partial charge is 0.224 e. The molecule has 0 spiro atoms. The molecule has 2 aromatic rings. The molecule has 0 fully saturated rings. The van der Waals surface area contributed by atoms with Crippen molar-refractivity contribution in [3.63, 3.8) is 0 Å². The van der Waals surface area contributed by atoms with Gasteiger partial charge in [0.05, 0.1) is 15.7 Å². The number of nitrogens with one attached hydrogen (secondary N) is 1. The highest BCUT2D eigenvalue weighted by atomic mass is 35.5. The second-order valence-electron chi connectivity index (χ2n) is 3.66. The number of carbonyl (C=O) groups excluding carboxylic acids is 1. The normalized spacial score (nSPS) is 10.3. The molecule has 0 saturated heterocycles. The van der Waals surface area contributed by atoms with Gasteiger partial charge in [-0.2, -0.15) is 0 Å². The predicted octanol–water partition coefficient (Wildman–Crippen LogP) is 3.55. The van der Waals surface area contributed by atoms with Gasteiger partial charge in [0, 0.05) is 18.5 Å². The van der Waals surface area contributed by atoms with Crippen LogP contribution in [0, 0.1) is 0 Å². The minimum absolute atomic E-state index is 0.114. The van der Waals surface area contributed by atoms with Gasteiger partial charge < -0.3 is 9.73 Å². The van der Waals surface area contributed by atoms with Crippen LogP contribution in [0.25, 0.3) is 0 Å². The first-order valence-electron chi connectivity index (χ1n) is 5.27. The van der Waals surface area contributed by atoms with E-state index in [1.807, 2.05) is 0 Å². The van der Waals surface area contributed by atoms with E-state index < -0.39 is 0 Å². The quantitative estimate of drug-likeness (QED) is 0.934. The fraction of sp³-hybridized carbons (Fsp3) is 0.167. The highest BCUT2D eigenvalue weighted by Crippen LogP contribution is 2.25. The van der Waals surface area contributed by atoms with Crippen LogP contribution in [0.3, 0.4) is 0 Å². The number of anilines is 1. The van der Waals surface area contributed by atoms with Crippen LogP contribution in [-0.4, -0.2) is 10.9 Å². The Morgan fingerprint density at radius 1 is 1.33 bits per heavy atom. The van der Waals surface area contributed by atoms with E-state index in [2.05, 4.69) is 10.3 Å². The molecule has 1 amide bonds. The largest absolute Gasteiger partial charge is 0.451 e. The number of aryl methyl sites for hydroxylation is 1. The van der Waals surface area contributed by atoms with Crippen LogP contribution in [0.4, 0.5) is 5.69 Å². The molecule has 1 aromatic carbocycles. The van der Waals surface area contributed by atoms with Crippen molar-refractivity contribution in [2.75, 3.05) is 5.32 Å². The third-order valence-corrected chi connectivity index (χ3v) is 3.03. The zero-order valence-corrected chi connectivity index (χ0v) is 10.8. The summed E-state index contributed by atoms with van der Waals surface area (Å²) in [6.45, 7) is 0. The van der Waals surface area contributed by atoms with Gasteiger partial charge in [-0.15, -0.1) is 0 Å². The van der Waals surface area contributed by atoms with Crippen LogP contribution < -0.4 is 5.32 Å². The molecule has 0 atom stereocenters. The number of amides is 1. The zero-order chi connectivity index (χ0) is 13.0. The van der Waals surface area contributed by atoms with Crippen LogP contribution in [0.15, 0.2) is 35.3 Å². The van der Waals surface area contributed by atoms with Gasteiger partial charge in [0.2, 0.25) is 5.91 Å². The Kier molecular flexibility index (Phi) is 4.23. The van der Waals surface area contributed by atoms with Crippen LogP contribution in [0.5, 0.6) is 0 Å². The Bertz CT molecular complexity index is 541. The van der Waals surface area contributed by atoms with Gasteiger partial charge in [-0.05, 0) is 18.2 Å². The summed E-state index contributed by atoms with van der Waals surface area (Å²) in [4.78, 5) is 15.6. The Balaban J connectivity index is 1.88. The maximum Gasteiger partial charge on any atom is 0.224 e. The molecule has 2 rings (SSSR count). The van der Waals surface area contributed by atoms with E-state index in [1.54, 1.807) is 18.2 Å². The number of hydrogen-bond donors (Lipinski definition) is 1. The van der Waals surface area contributed by atoms with E-state index in [9.17, 15) is 4.79 Å². The van der Waals surface area contributed by atoms with Gasteiger partial charge >= 0.3 is 0 Å². The molecule has 1 aromatic heterocycles. The van der Waals surface area contributed by atoms with Crippen molar-refractivity contribution in [1.82, 2.24) is 4.98 Å². The molecule has 0 radical (unpaired) electrons. The number of aromatic nitrogens is 1. The standard InChI is InChI=1S/C12H10Cl2N2O2/c13-10-3-1-8(5-11(10)14)16-12(17)4-2-9-6-18-7-15-9/h1,3,5-7H,2,4H2,(H,16,17). The minimum Gasteiger partial charge on any atom is -0.451 e. The molecule has 94 valence electrons. The lowest BCUT2D eigenvalue weighted by molar-refractivity contribution is -0.116. The van der Waals surface area contributed by atoms with E-state index in [4.69, 9.17) is 27.6 Å². The van der Waals surface area contributed by atoms with Crippen molar-refractivity contribution < 1.29 is 9.21 Å². The van der Waals surface area contributed by atoms with Crippen LogP contribution in [0.1, 0.15) is 12.1 Å². The third kappa shape index (κ3) is 3.48. The Morgan fingerprint density at radius 3 is 2.83 bits per heavy atom. The fourth-order valence-corrected chi connectivity index (χ4v) is 1.70. The van der Waals surface area contributed by atoms with Crippen LogP contribution in [0.2, 0.25) is 10.0 Å². The molecule has 1 heterocycles. The lowest BCUT2D eigenvalue weighted by atomic mass is 10.2. The number of nitrogens with zero attached hydrogens (tertiary/aromatic N) is 1. The lowest BCUT2D eigenvalue weighted by Crippen LogP contribution is -2.12. The number of benzene rings is 1. The van der Waals surface area contributed by atoms with Gasteiger partial charge in [-0.25, -0.2) is 4.98 Å². The number of rotatable bonds is 4. The Morgan fingerprint density at radius 2 is 2.17 bits per heavy atom. The van der Waals surface area contributed by atoms with E-state index in [-0.39, 0.29) is 5.91 Å². The summed E-state index contributed by atoms with van der Waals surface area (Å²) in [5, 5.41) is 3.60. The van der Waals surface area contributed by atoms with E-state index in [1.165, 1.54) is 12.7 Å². The first-order chi connectivity index (χ1) is 8.65. The van der Waals surface area contributed by atoms with Crippen molar-refractivity contribution in [2.24, 2.45) is 0 Å². The summed E-state index contributed by atoms with van der Waals surface area (Å²) >= 11 is 11.6. The molecule has 18 heavy (non-hydrogen) atoms.